The molecule has 9 heteroatoms. The first-order valence-electron chi connectivity index (χ1n) is 11.6. The number of benzene rings is 2. The molecule has 9 nitrogen and oxygen atoms in total. The summed E-state index contributed by atoms with van der Waals surface area (Å²) >= 11 is 0. The number of aromatic amines is 1. The molecule has 182 valence electrons. The average Bonchev–Trinajstić information content (AvgIpc) is 3.48. The van der Waals surface area contributed by atoms with Gasteiger partial charge in [0.1, 0.15) is 18.7 Å². The zero-order chi connectivity index (χ0) is 24.8. The maximum atomic E-state index is 12.9. The Balaban J connectivity index is 1.44. The van der Waals surface area contributed by atoms with Gasteiger partial charge in [-0.1, -0.05) is 61.9 Å². The molecule has 0 radical (unpaired) electrons. The van der Waals surface area contributed by atoms with Gasteiger partial charge in [-0.25, -0.2) is 14.6 Å². The maximum Gasteiger partial charge on any atom is 0.407 e. The Morgan fingerprint density at radius 3 is 2.26 bits per heavy atom. The number of aliphatic carboxylic acids is 1. The molecular formula is C26H28N4O5. The molecule has 2 aromatic carbocycles. The van der Waals surface area contributed by atoms with E-state index in [1.807, 2.05) is 55.5 Å². The highest BCUT2D eigenvalue weighted by Gasteiger charge is 2.31. The third-order valence-corrected chi connectivity index (χ3v) is 6.12. The predicted molar refractivity (Wildman–Crippen MR) is 129 cm³/mol. The summed E-state index contributed by atoms with van der Waals surface area (Å²) in [6.07, 6.45) is 3.23. The Morgan fingerprint density at radius 2 is 1.69 bits per heavy atom. The number of carbonyl (C=O) groups is 3. The van der Waals surface area contributed by atoms with Crippen molar-refractivity contribution in [3.8, 4) is 11.1 Å². The molecule has 0 saturated heterocycles. The summed E-state index contributed by atoms with van der Waals surface area (Å²) in [7, 11) is 0. The van der Waals surface area contributed by atoms with Crippen LogP contribution in [0.3, 0.4) is 0 Å². The van der Waals surface area contributed by atoms with Crippen molar-refractivity contribution in [2.45, 2.75) is 44.2 Å². The van der Waals surface area contributed by atoms with Crippen molar-refractivity contribution in [1.82, 2.24) is 20.6 Å². The summed E-state index contributed by atoms with van der Waals surface area (Å²) in [5, 5.41) is 14.5. The highest BCUT2D eigenvalue weighted by Crippen LogP contribution is 2.44. The lowest BCUT2D eigenvalue weighted by Crippen LogP contribution is -2.52. The number of rotatable bonds is 10. The Kier molecular flexibility index (Phi) is 7.45. The average molecular weight is 477 g/mol. The molecule has 2 amide bonds. The lowest BCUT2D eigenvalue weighted by atomic mass is 9.98. The van der Waals surface area contributed by atoms with E-state index in [1.165, 1.54) is 6.33 Å². The smallest absolute Gasteiger partial charge is 0.407 e. The van der Waals surface area contributed by atoms with Crippen LogP contribution < -0.4 is 10.6 Å². The van der Waals surface area contributed by atoms with Crippen molar-refractivity contribution < 1.29 is 24.2 Å². The Labute approximate surface area is 202 Å². The molecule has 3 aromatic rings. The number of aromatic nitrogens is 2. The third kappa shape index (κ3) is 5.51. The second-order valence-corrected chi connectivity index (χ2v) is 8.49. The van der Waals surface area contributed by atoms with Crippen LogP contribution in [0.2, 0.25) is 0 Å². The van der Waals surface area contributed by atoms with E-state index in [-0.39, 0.29) is 25.4 Å². The van der Waals surface area contributed by atoms with Crippen molar-refractivity contribution in [2.24, 2.45) is 0 Å². The van der Waals surface area contributed by atoms with E-state index in [1.54, 1.807) is 6.20 Å². The molecule has 0 saturated carbocycles. The molecule has 0 bridgehead atoms. The SMILES string of the molecule is CCCC(NC(=O)[C@H](Cc1cnc[nH]1)NC(=O)OCC1c2ccccc2-c2ccccc21)C(=O)O. The molecule has 1 heterocycles. The van der Waals surface area contributed by atoms with Gasteiger partial charge in [-0.05, 0) is 28.7 Å². The van der Waals surface area contributed by atoms with E-state index in [2.05, 4.69) is 20.6 Å². The van der Waals surface area contributed by atoms with Crippen LogP contribution >= 0.6 is 0 Å². The topological polar surface area (TPSA) is 133 Å². The second kappa shape index (κ2) is 10.9. The summed E-state index contributed by atoms with van der Waals surface area (Å²) in [6.45, 7) is 1.94. The standard InChI is InChI=1S/C26H28N4O5/c1-2-7-22(25(32)33)29-24(31)23(12-16-13-27-15-28-16)30-26(34)35-14-21-19-10-5-3-8-17(19)18-9-4-6-11-20(18)21/h3-6,8-11,13,15,21-23H,2,7,12,14H2,1H3,(H,27,28)(H,29,31)(H,30,34)(H,32,33)/t22?,23-/m0/s1. The number of alkyl carbamates (subject to hydrolysis) is 1. The zero-order valence-electron chi connectivity index (χ0n) is 19.4. The minimum absolute atomic E-state index is 0.103. The molecule has 4 rings (SSSR count). The molecule has 35 heavy (non-hydrogen) atoms. The van der Waals surface area contributed by atoms with E-state index >= 15 is 0 Å². The molecule has 1 aliphatic rings. The number of amides is 2. The summed E-state index contributed by atoms with van der Waals surface area (Å²) in [5.74, 6) is -1.84. The number of carbonyl (C=O) groups excluding carboxylic acids is 2. The van der Waals surface area contributed by atoms with Crippen LogP contribution in [-0.4, -0.2) is 51.7 Å². The van der Waals surface area contributed by atoms with E-state index in [0.29, 0.717) is 12.1 Å². The van der Waals surface area contributed by atoms with Gasteiger partial charge in [0.2, 0.25) is 5.91 Å². The fourth-order valence-electron chi connectivity index (χ4n) is 4.43. The monoisotopic (exact) mass is 476 g/mol. The minimum atomic E-state index is -1.12. The van der Waals surface area contributed by atoms with Crippen LogP contribution in [-0.2, 0) is 20.7 Å². The molecule has 1 unspecified atom stereocenters. The molecule has 4 N–H and O–H groups in total. The zero-order valence-corrected chi connectivity index (χ0v) is 19.4. The van der Waals surface area contributed by atoms with Gasteiger partial charge >= 0.3 is 12.1 Å². The van der Waals surface area contributed by atoms with Crippen molar-refractivity contribution in [2.75, 3.05) is 6.61 Å². The van der Waals surface area contributed by atoms with Crippen molar-refractivity contribution >= 4 is 18.0 Å². The van der Waals surface area contributed by atoms with Gasteiger partial charge in [0.25, 0.3) is 0 Å². The molecule has 1 aromatic heterocycles. The predicted octanol–water partition coefficient (Wildman–Crippen LogP) is 3.23. The molecule has 0 spiro atoms. The normalized spacial score (nSPS) is 13.9. The summed E-state index contributed by atoms with van der Waals surface area (Å²) < 4.78 is 5.57. The van der Waals surface area contributed by atoms with Crippen LogP contribution in [0.25, 0.3) is 11.1 Å². The number of ether oxygens (including phenoxy) is 1. The Hall–Kier alpha value is -4.14. The second-order valence-electron chi connectivity index (χ2n) is 8.49. The van der Waals surface area contributed by atoms with Gasteiger partial charge in [0, 0.05) is 24.2 Å². The van der Waals surface area contributed by atoms with E-state index in [9.17, 15) is 19.5 Å². The number of hydrogen-bond acceptors (Lipinski definition) is 5. The number of nitrogens with one attached hydrogen (secondary N) is 3. The Morgan fingerprint density at radius 1 is 1.03 bits per heavy atom. The summed E-state index contributed by atoms with van der Waals surface area (Å²) in [6, 6.07) is 13.9. The van der Waals surface area contributed by atoms with Crippen LogP contribution in [0.1, 0.15) is 42.5 Å². The first-order chi connectivity index (χ1) is 17.0. The molecule has 0 aliphatic heterocycles. The number of nitrogens with zero attached hydrogens (tertiary/aromatic N) is 1. The van der Waals surface area contributed by atoms with Crippen molar-refractivity contribution in [3.05, 3.63) is 77.9 Å². The Bertz CT molecular complexity index is 1150. The van der Waals surface area contributed by atoms with Crippen LogP contribution in [0.5, 0.6) is 0 Å². The number of carboxylic acids is 1. The first-order valence-corrected chi connectivity index (χ1v) is 11.6. The van der Waals surface area contributed by atoms with E-state index in [4.69, 9.17) is 4.74 Å². The highest BCUT2D eigenvalue weighted by molar-refractivity contribution is 5.89. The molecule has 1 aliphatic carbocycles. The molecule has 0 fully saturated rings. The number of hydrogen-bond donors (Lipinski definition) is 4. The van der Waals surface area contributed by atoms with Gasteiger partial charge in [-0.2, -0.15) is 0 Å². The van der Waals surface area contributed by atoms with Crippen molar-refractivity contribution in [1.29, 1.82) is 0 Å². The summed E-state index contributed by atoms with van der Waals surface area (Å²) in [5.41, 5.74) is 5.01. The van der Waals surface area contributed by atoms with Gasteiger partial charge in [-0.15, -0.1) is 0 Å². The quantitative estimate of drug-likeness (QED) is 0.355. The number of fused-ring (bicyclic) bond motifs is 3. The third-order valence-electron chi connectivity index (χ3n) is 6.12. The summed E-state index contributed by atoms with van der Waals surface area (Å²) in [4.78, 5) is 44.0. The molecule has 2 atom stereocenters. The van der Waals surface area contributed by atoms with Crippen LogP contribution in [0.15, 0.2) is 61.1 Å². The number of carboxylic acid groups (broad SMARTS) is 1. The number of H-pyrrole nitrogens is 1. The largest absolute Gasteiger partial charge is 0.480 e. The van der Waals surface area contributed by atoms with Crippen molar-refractivity contribution in [3.63, 3.8) is 0 Å². The van der Waals surface area contributed by atoms with Gasteiger partial charge < -0.3 is 25.5 Å². The van der Waals surface area contributed by atoms with E-state index < -0.39 is 30.1 Å². The van der Waals surface area contributed by atoms with Gasteiger partial charge in [0.15, 0.2) is 0 Å². The number of imidazole rings is 1. The minimum Gasteiger partial charge on any atom is -0.480 e. The first kappa shape index (κ1) is 24.0. The van der Waals surface area contributed by atoms with Crippen LogP contribution in [0.4, 0.5) is 4.79 Å². The fourth-order valence-corrected chi connectivity index (χ4v) is 4.43. The highest BCUT2D eigenvalue weighted by atomic mass is 16.5. The van der Waals surface area contributed by atoms with Gasteiger partial charge in [-0.3, -0.25) is 4.79 Å². The lowest BCUT2D eigenvalue weighted by molar-refractivity contribution is -0.142. The fraction of sp³-hybridized carbons (Fsp3) is 0.308. The lowest BCUT2D eigenvalue weighted by Gasteiger charge is -2.21. The van der Waals surface area contributed by atoms with E-state index in [0.717, 1.165) is 22.3 Å². The van der Waals surface area contributed by atoms with Gasteiger partial charge in [0.05, 0.1) is 6.33 Å². The maximum absolute atomic E-state index is 12.9. The molecular weight excluding hydrogens is 448 g/mol. The van der Waals surface area contributed by atoms with Crippen LogP contribution in [0, 0.1) is 0 Å².